The lowest BCUT2D eigenvalue weighted by atomic mass is 9.89. The first-order valence-corrected chi connectivity index (χ1v) is 11.5. The summed E-state index contributed by atoms with van der Waals surface area (Å²) in [6, 6.07) is 7.41. The van der Waals surface area contributed by atoms with Gasteiger partial charge in [-0.2, -0.15) is 0 Å². The van der Waals surface area contributed by atoms with Crippen LogP contribution in [0.4, 0.5) is 11.4 Å². The Labute approximate surface area is 170 Å². The molecule has 1 aromatic carbocycles. The molecule has 1 aromatic heterocycles. The first-order chi connectivity index (χ1) is 13.7. The molecule has 1 aliphatic carbocycles. The highest BCUT2D eigenvalue weighted by Crippen LogP contribution is 2.28. The molecule has 1 saturated carbocycles. The van der Waals surface area contributed by atoms with Crippen molar-refractivity contribution in [2.75, 3.05) is 11.6 Å². The van der Waals surface area contributed by atoms with E-state index < -0.39 is 14.8 Å². The van der Waals surface area contributed by atoms with Crippen molar-refractivity contribution in [1.29, 1.82) is 0 Å². The number of hydrogen-bond donors (Lipinski definition) is 1. The lowest BCUT2D eigenvalue weighted by molar-refractivity contribution is -0.385. The maximum absolute atomic E-state index is 12.0. The van der Waals surface area contributed by atoms with Gasteiger partial charge in [0.1, 0.15) is 6.10 Å². The Morgan fingerprint density at radius 3 is 2.59 bits per heavy atom. The number of non-ortho nitro benzene ring substituents is 1. The van der Waals surface area contributed by atoms with Gasteiger partial charge in [0, 0.05) is 37.2 Å². The number of benzene rings is 1. The van der Waals surface area contributed by atoms with E-state index in [-0.39, 0.29) is 16.7 Å². The second-order valence-electron chi connectivity index (χ2n) is 7.57. The van der Waals surface area contributed by atoms with Crippen molar-refractivity contribution in [2.24, 2.45) is 5.92 Å². The van der Waals surface area contributed by atoms with Crippen LogP contribution >= 0.6 is 0 Å². The van der Waals surface area contributed by atoms with Crippen molar-refractivity contribution in [3.8, 4) is 5.88 Å². The van der Waals surface area contributed by atoms with Crippen LogP contribution in [0.15, 0.2) is 41.4 Å². The van der Waals surface area contributed by atoms with E-state index in [0.29, 0.717) is 18.1 Å². The van der Waals surface area contributed by atoms with Gasteiger partial charge in [0.2, 0.25) is 5.88 Å². The van der Waals surface area contributed by atoms with Crippen LogP contribution in [0.25, 0.3) is 0 Å². The van der Waals surface area contributed by atoms with Crippen molar-refractivity contribution in [2.45, 2.75) is 50.2 Å². The molecule has 0 unspecified atom stereocenters. The zero-order valence-electron chi connectivity index (χ0n) is 16.5. The molecule has 1 aliphatic rings. The van der Waals surface area contributed by atoms with E-state index in [2.05, 4.69) is 17.2 Å². The summed E-state index contributed by atoms with van der Waals surface area (Å²) in [7, 11) is -3.63. The van der Waals surface area contributed by atoms with Gasteiger partial charge in [-0.1, -0.05) is 6.92 Å². The third-order valence-corrected chi connectivity index (χ3v) is 6.24. The number of nitrogens with one attached hydrogen (secondary N) is 1. The number of ether oxygens (including phenoxy) is 1. The van der Waals surface area contributed by atoms with Gasteiger partial charge >= 0.3 is 0 Å². The van der Waals surface area contributed by atoms with Crippen LogP contribution in [0.2, 0.25) is 0 Å². The van der Waals surface area contributed by atoms with Crippen LogP contribution in [0.5, 0.6) is 5.88 Å². The van der Waals surface area contributed by atoms with Gasteiger partial charge in [-0.3, -0.25) is 10.1 Å². The predicted octanol–water partition coefficient (Wildman–Crippen LogP) is 3.96. The van der Waals surface area contributed by atoms with Crippen molar-refractivity contribution in [3.05, 3.63) is 52.2 Å². The molecule has 0 saturated heterocycles. The summed E-state index contributed by atoms with van der Waals surface area (Å²) in [5, 5.41) is 14.0. The molecule has 9 heteroatoms. The van der Waals surface area contributed by atoms with E-state index in [1.54, 1.807) is 6.20 Å². The number of pyridine rings is 1. The lowest BCUT2D eigenvalue weighted by Gasteiger charge is -2.26. The minimum absolute atomic E-state index is 0.103. The number of nitrogens with zero attached hydrogens (tertiary/aromatic N) is 2. The molecule has 0 spiro atoms. The number of sulfone groups is 1. The summed E-state index contributed by atoms with van der Waals surface area (Å²) >= 11 is 0. The highest BCUT2D eigenvalue weighted by molar-refractivity contribution is 7.90. The summed E-state index contributed by atoms with van der Waals surface area (Å²) in [5.74, 6) is 1.29. The molecule has 29 heavy (non-hydrogen) atoms. The molecule has 3 rings (SSSR count). The maximum Gasteiger partial charge on any atom is 0.270 e. The molecule has 0 atom stereocenters. The van der Waals surface area contributed by atoms with Gasteiger partial charge in [0.25, 0.3) is 5.69 Å². The van der Waals surface area contributed by atoms with Gasteiger partial charge in [0.15, 0.2) is 9.84 Å². The van der Waals surface area contributed by atoms with Crippen LogP contribution in [0, 0.1) is 16.0 Å². The average molecular weight is 420 g/mol. The topological polar surface area (TPSA) is 111 Å². The third kappa shape index (κ3) is 5.66. The van der Waals surface area contributed by atoms with E-state index in [9.17, 15) is 18.5 Å². The lowest BCUT2D eigenvalue weighted by Crippen LogP contribution is -2.23. The molecule has 1 fully saturated rings. The monoisotopic (exact) mass is 419 g/mol. The Morgan fingerprint density at radius 1 is 1.21 bits per heavy atom. The number of hydrogen-bond acceptors (Lipinski definition) is 7. The van der Waals surface area contributed by atoms with E-state index in [1.807, 2.05) is 12.1 Å². The SMILES string of the molecule is CC1CCC(Oc2cc(CNc3ccc([N+](=O)[O-])cc3S(C)(=O)=O)ccn2)CC1. The second kappa shape index (κ2) is 8.77. The molecular weight excluding hydrogens is 394 g/mol. The molecule has 1 heterocycles. The third-order valence-electron chi connectivity index (χ3n) is 5.11. The predicted molar refractivity (Wildman–Crippen MR) is 110 cm³/mol. The van der Waals surface area contributed by atoms with Gasteiger partial charge < -0.3 is 10.1 Å². The summed E-state index contributed by atoms with van der Waals surface area (Å²) in [5.41, 5.74) is 0.924. The molecule has 156 valence electrons. The Balaban J connectivity index is 1.71. The zero-order valence-corrected chi connectivity index (χ0v) is 17.3. The molecular formula is C20H25N3O5S. The summed E-state index contributed by atoms with van der Waals surface area (Å²) in [6.07, 6.45) is 7.21. The largest absolute Gasteiger partial charge is 0.474 e. The van der Waals surface area contributed by atoms with E-state index in [1.165, 1.54) is 12.1 Å². The fourth-order valence-corrected chi connectivity index (χ4v) is 4.29. The summed E-state index contributed by atoms with van der Waals surface area (Å²) in [6.45, 7) is 2.59. The Morgan fingerprint density at radius 2 is 1.93 bits per heavy atom. The molecule has 0 amide bonds. The number of nitro groups is 1. The quantitative estimate of drug-likeness (QED) is 0.534. The fraction of sp³-hybridized carbons (Fsp3) is 0.450. The molecule has 0 aliphatic heterocycles. The molecule has 1 N–H and O–H groups in total. The highest BCUT2D eigenvalue weighted by atomic mass is 32.2. The van der Waals surface area contributed by atoms with E-state index >= 15 is 0 Å². The molecule has 2 aromatic rings. The van der Waals surface area contributed by atoms with Crippen molar-refractivity contribution in [1.82, 2.24) is 4.98 Å². The first-order valence-electron chi connectivity index (χ1n) is 9.56. The number of nitro benzene ring substituents is 1. The zero-order chi connectivity index (χ0) is 21.0. The van der Waals surface area contributed by atoms with E-state index in [4.69, 9.17) is 4.74 Å². The standard InChI is InChI=1S/C20H25N3O5S/c1-14-3-6-17(7-4-14)28-20-11-15(9-10-21-20)13-22-18-8-5-16(23(24)25)12-19(18)29(2,26)27/h5,8-12,14,17,22H,3-4,6-7,13H2,1-2H3. The fourth-order valence-electron chi connectivity index (χ4n) is 3.42. The molecule has 0 bridgehead atoms. The number of anilines is 1. The van der Waals surface area contributed by atoms with Gasteiger partial charge in [-0.15, -0.1) is 0 Å². The van der Waals surface area contributed by atoms with Crippen LogP contribution < -0.4 is 10.1 Å². The van der Waals surface area contributed by atoms with Crippen LogP contribution in [0.1, 0.15) is 38.2 Å². The van der Waals surface area contributed by atoms with Crippen molar-refractivity contribution >= 4 is 21.2 Å². The minimum Gasteiger partial charge on any atom is -0.474 e. The van der Waals surface area contributed by atoms with Gasteiger partial charge in [-0.05, 0) is 49.3 Å². The normalized spacial score (nSPS) is 19.5. The Kier molecular flexibility index (Phi) is 6.36. The van der Waals surface area contributed by atoms with Crippen LogP contribution in [-0.2, 0) is 16.4 Å². The van der Waals surface area contributed by atoms with Crippen LogP contribution in [-0.4, -0.2) is 30.7 Å². The highest BCUT2D eigenvalue weighted by Gasteiger charge is 2.20. The summed E-state index contributed by atoms with van der Waals surface area (Å²) < 4.78 is 30.1. The number of aromatic nitrogens is 1. The van der Waals surface area contributed by atoms with Gasteiger partial charge in [0.05, 0.1) is 15.5 Å². The smallest absolute Gasteiger partial charge is 0.270 e. The second-order valence-corrected chi connectivity index (χ2v) is 9.55. The van der Waals surface area contributed by atoms with Gasteiger partial charge in [-0.25, -0.2) is 13.4 Å². The number of rotatable bonds is 7. The first kappa shape index (κ1) is 21.0. The Bertz CT molecular complexity index is 985. The Hall–Kier alpha value is -2.68. The maximum atomic E-state index is 12.0. The van der Waals surface area contributed by atoms with E-state index in [0.717, 1.165) is 49.5 Å². The average Bonchev–Trinajstić information content (AvgIpc) is 2.67. The summed E-state index contributed by atoms with van der Waals surface area (Å²) in [4.78, 5) is 14.5. The van der Waals surface area contributed by atoms with Crippen molar-refractivity contribution < 1.29 is 18.1 Å². The molecule has 0 radical (unpaired) electrons. The van der Waals surface area contributed by atoms with Crippen molar-refractivity contribution in [3.63, 3.8) is 0 Å². The minimum atomic E-state index is -3.63. The molecule has 8 nitrogen and oxygen atoms in total. The van der Waals surface area contributed by atoms with Crippen LogP contribution in [0.3, 0.4) is 0 Å².